The van der Waals surface area contributed by atoms with E-state index in [0.717, 1.165) is 17.7 Å². The average molecular weight is 216 g/mol. The third-order valence-corrected chi connectivity index (χ3v) is 2.55. The second-order valence-electron chi connectivity index (χ2n) is 4.31. The van der Waals surface area contributed by atoms with Gasteiger partial charge in [0.05, 0.1) is 0 Å². The highest BCUT2D eigenvalue weighted by Crippen LogP contribution is 2.15. The summed E-state index contributed by atoms with van der Waals surface area (Å²) < 4.78 is 5.63. The Morgan fingerprint density at radius 2 is 1.75 bits per heavy atom. The lowest BCUT2D eigenvalue weighted by Gasteiger charge is -2.09. The van der Waals surface area contributed by atoms with Crippen LogP contribution in [-0.2, 0) is 0 Å². The first kappa shape index (κ1) is 12.6. The molecule has 1 aromatic carbocycles. The van der Waals surface area contributed by atoms with E-state index < -0.39 is 0 Å². The highest BCUT2D eigenvalue weighted by molar-refractivity contribution is 5.22. The van der Waals surface area contributed by atoms with Gasteiger partial charge in [0.2, 0.25) is 0 Å². The summed E-state index contributed by atoms with van der Waals surface area (Å²) in [5, 5.41) is 0. The minimum atomic E-state index is 0.592. The molecule has 86 valence electrons. The number of benzene rings is 1. The molecule has 0 atom stereocenters. The first-order valence-corrected chi connectivity index (χ1v) is 5.57. The summed E-state index contributed by atoms with van der Waals surface area (Å²) in [7, 11) is 0. The van der Waals surface area contributed by atoms with Gasteiger partial charge in [0, 0.05) is 0 Å². The Morgan fingerprint density at radius 3 is 2.31 bits per heavy atom. The third kappa shape index (κ3) is 4.35. The van der Waals surface area contributed by atoms with Crippen molar-refractivity contribution in [2.24, 2.45) is 0 Å². The van der Waals surface area contributed by atoms with Gasteiger partial charge in [0.15, 0.2) is 0 Å². The second-order valence-corrected chi connectivity index (χ2v) is 4.31. The number of para-hydroxylation sites is 1. The molecule has 1 aromatic rings. The summed E-state index contributed by atoms with van der Waals surface area (Å²) >= 11 is 0. The van der Waals surface area contributed by atoms with Crippen molar-refractivity contribution in [1.82, 2.24) is 0 Å². The fourth-order valence-electron chi connectivity index (χ4n) is 1.30. The molecule has 0 saturated heterocycles. The molecule has 0 saturated carbocycles. The molecule has 0 amide bonds. The van der Waals surface area contributed by atoms with Crippen LogP contribution in [0.25, 0.3) is 0 Å². The molecule has 0 aliphatic carbocycles. The van der Waals surface area contributed by atoms with Crippen LogP contribution in [0.5, 0.6) is 5.75 Å². The SMILES string of the molecule is C=C(COc1ccccc1)CC(C)=C(C)C. The first-order valence-electron chi connectivity index (χ1n) is 5.57. The maximum absolute atomic E-state index is 5.63. The van der Waals surface area contributed by atoms with Crippen molar-refractivity contribution in [3.8, 4) is 5.75 Å². The number of hydrogen-bond acceptors (Lipinski definition) is 1. The maximum Gasteiger partial charge on any atom is 0.119 e. The minimum absolute atomic E-state index is 0.592. The van der Waals surface area contributed by atoms with Crippen LogP contribution in [0.2, 0.25) is 0 Å². The van der Waals surface area contributed by atoms with Crippen molar-refractivity contribution in [3.05, 3.63) is 53.6 Å². The molecule has 0 heterocycles. The lowest BCUT2D eigenvalue weighted by atomic mass is 10.1. The molecule has 0 aromatic heterocycles. The van der Waals surface area contributed by atoms with E-state index in [-0.39, 0.29) is 0 Å². The first-order chi connectivity index (χ1) is 7.59. The van der Waals surface area contributed by atoms with Gasteiger partial charge in [-0.3, -0.25) is 0 Å². The Balaban J connectivity index is 2.40. The largest absolute Gasteiger partial charge is 0.489 e. The Bertz CT molecular complexity index is 370. The maximum atomic E-state index is 5.63. The molecular weight excluding hydrogens is 196 g/mol. The summed E-state index contributed by atoms with van der Waals surface area (Å²) in [6, 6.07) is 9.84. The zero-order valence-electron chi connectivity index (χ0n) is 10.4. The molecule has 0 bridgehead atoms. The topological polar surface area (TPSA) is 9.23 Å². The molecule has 0 N–H and O–H groups in total. The van der Waals surface area contributed by atoms with E-state index in [4.69, 9.17) is 4.74 Å². The van der Waals surface area contributed by atoms with Gasteiger partial charge in [0.1, 0.15) is 12.4 Å². The molecule has 0 radical (unpaired) electrons. The zero-order chi connectivity index (χ0) is 12.0. The molecule has 1 rings (SSSR count). The number of rotatable bonds is 5. The smallest absolute Gasteiger partial charge is 0.119 e. The van der Waals surface area contributed by atoms with Gasteiger partial charge in [-0.25, -0.2) is 0 Å². The normalized spacial score (nSPS) is 9.69. The molecule has 0 aliphatic rings. The molecule has 1 nitrogen and oxygen atoms in total. The van der Waals surface area contributed by atoms with Crippen LogP contribution in [0.1, 0.15) is 27.2 Å². The minimum Gasteiger partial charge on any atom is -0.489 e. The lowest BCUT2D eigenvalue weighted by Crippen LogP contribution is -2.01. The molecule has 0 unspecified atom stereocenters. The van der Waals surface area contributed by atoms with Gasteiger partial charge in [0.25, 0.3) is 0 Å². The highest BCUT2D eigenvalue weighted by Gasteiger charge is 1.99. The van der Waals surface area contributed by atoms with Crippen LogP contribution in [0.4, 0.5) is 0 Å². The standard InChI is InChI=1S/C15H20O/c1-12(2)14(4)10-13(3)11-16-15-8-6-5-7-9-15/h5-9H,3,10-11H2,1-2,4H3. The number of hydrogen-bond donors (Lipinski definition) is 0. The molecule has 16 heavy (non-hydrogen) atoms. The fraction of sp³-hybridized carbons (Fsp3) is 0.333. The summed E-state index contributed by atoms with van der Waals surface area (Å²) in [4.78, 5) is 0. The van der Waals surface area contributed by atoms with Crippen LogP contribution < -0.4 is 4.74 Å². The number of allylic oxidation sites excluding steroid dienone is 2. The number of ether oxygens (including phenoxy) is 1. The molecule has 1 heteroatoms. The molecule has 0 aliphatic heterocycles. The average Bonchev–Trinajstić information content (AvgIpc) is 2.27. The van der Waals surface area contributed by atoms with E-state index >= 15 is 0 Å². The zero-order valence-corrected chi connectivity index (χ0v) is 10.4. The summed E-state index contributed by atoms with van der Waals surface area (Å²) in [5.74, 6) is 0.901. The van der Waals surface area contributed by atoms with Gasteiger partial charge in [-0.2, -0.15) is 0 Å². The summed E-state index contributed by atoms with van der Waals surface area (Å²) in [6.45, 7) is 11.0. The van der Waals surface area contributed by atoms with Crippen molar-refractivity contribution < 1.29 is 4.74 Å². The van der Waals surface area contributed by atoms with Gasteiger partial charge >= 0.3 is 0 Å². The highest BCUT2D eigenvalue weighted by atomic mass is 16.5. The van der Waals surface area contributed by atoms with E-state index in [2.05, 4.69) is 27.4 Å². The van der Waals surface area contributed by atoms with Crippen LogP contribution >= 0.6 is 0 Å². The van der Waals surface area contributed by atoms with Crippen molar-refractivity contribution in [2.45, 2.75) is 27.2 Å². The quantitative estimate of drug-likeness (QED) is 0.664. The predicted molar refractivity (Wildman–Crippen MR) is 69.7 cm³/mol. The molecule has 0 fully saturated rings. The second kappa shape index (κ2) is 6.16. The Morgan fingerprint density at radius 1 is 1.12 bits per heavy atom. The van der Waals surface area contributed by atoms with Gasteiger partial charge in [-0.05, 0) is 44.9 Å². The predicted octanol–water partition coefficient (Wildman–Crippen LogP) is 4.37. The lowest BCUT2D eigenvalue weighted by molar-refractivity contribution is 0.349. The van der Waals surface area contributed by atoms with Crippen LogP contribution in [0, 0.1) is 0 Å². The van der Waals surface area contributed by atoms with Crippen LogP contribution in [0.15, 0.2) is 53.6 Å². The molecule has 0 spiro atoms. The Kier molecular flexibility index (Phi) is 4.84. The van der Waals surface area contributed by atoms with E-state index in [0.29, 0.717) is 6.61 Å². The van der Waals surface area contributed by atoms with E-state index in [1.807, 2.05) is 30.3 Å². The summed E-state index contributed by atoms with van der Waals surface area (Å²) in [6.07, 6.45) is 0.926. The van der Waals surface area contributed by atoms with E-state index in [1.54, 1.807) is 0 Å². The molecular formula is C15H20O. The Hall–Kier alpha value is -1.50. The van der Waals surface area contributed by atoms with Crippen molar-refractivity contribution in [3.63, 3.8) is 0 Å². The monoisotopic (exact) mass is 216 g/mol. The van der Waals surface area contributed by atoms with Gasteiger partial charge < -0.3 is 4.74 Å². The van der Waals surface area contributed by atoms with E-state index in [1.165, 1.54) is 11.1 Å². The van der Waals surface area contributed by atoms with Crippen molar-refractivity contribution in [1.29, 1.82) is 0 Å². The van der Waals surface area contributed by atoms with Crippen LogP contribution in [-0.4, -0.2) is 6.61 Å². The van der Waals surface area contributed by atoms with Crippen molar-refractivity contribution in [2.75, 3.05) is 6.61 Å². The fourth-order valence-corrected chi connectivity index (χ4v) is 1.30. The van der Waals surface area contributed by atoms with Crippen molar-refractivity contribution >= 4 is 0 Å². The van der Waals surface area contributed by atoms with Gasteiger partial charge in [-0.15, -0.1) is 0 Å². The summed E-state index contributed by atoms with van der Waals surface area (Å²) in [5.41, 5.74) is 3.85. The Labute approximate surface area is 98.5 Å². The van der Waals surface area contributed by atoms with Gasteiger partial charge in [-0.1, -0.05) is 35.9 Å². The van der Waals surface area contributed by atoms with Crippen LogP contribution in [0.3, 0.4) is 0 Å². The third-order valence-electron chi connectivity index (χ3n) is 2.55. The van der Waals surface area contributed by atoms with E-state index in [9.17, 15) is 0 Å².